The Balaban J connectivity index is 1.51. The van der Waals surface area contributed by atoms with E-state index >= 15 is 0 Å². The molecule has 1 saturated heterocycles. The summed E-state index contributed by atoms with van der Waals surface area (Å²) in [5.74, 6) is -0.779. The maximum Gasteiger partial charge on any atom is 0.272 e. The molecule has 0 aliphatic carbocycles. The van der Waals surface area contributed by atoms with Gasteiger partial charge in [-0.2, -0.15) is 5.10 Å². The largest absolute Gasteiger partial charge is 0.368 e. The van der Waals surface area contributed by atoms with E-state index in [-0.39, 0.29) is 17.5 Å². The van der Waals surface area contributed by atoms with Crippen LogP contribution in [0.5, 0.6) is 0 Å². The molecule has 4 rings (SSSR count). The Bertz CT molecular complexity index is 992. The number of aromatic nitrogens is 2. The van der Waals surface area contributed by atoms with Gasteiger partial charge >= 0.3 is 0 Å². The van der Waals surface area contributed by atoms with Crippen molar-refractivity contribution in [2.24, 2.45) is 0 Å². The second kappa shape index (κ2) is 7.42. The number of anilines is 1. The molecule has 144 valence electrons. The Kier molecular flexibility index (Phi) is 4.81. The molecule has 1 aliphatic heterocycles. The monoisotopic (exact) mass is 382 g/mol. The highest BCUT2D eigenvalue weighted by Crippen LogP contribution is 2.20. The average molecular weight is 382 g/mol. The fourth-order valence-electron chi connectivity index (χ4n) is 3.44. The minimum atomic E-state index is -0.378. The number of halogens is 2. The quantitative estimate of drug-likeness (QED) is 0.697. The summed E-state index contributed by atoms with van der Waals surface area (Å²) in [7, 11) is 0. The van der Waals surface area contributed by atoms with Crippen LogP contribution in [-0.2, 0) is 0 Å². The van der Waals surface area contributed by atoms with Crippen molar-refractivity contribution in [3.63, 3.8) is 0 Å². The summed E-state index contributed by atoms with van der Waals surface area (Å²) in [6, 6.07) is 14.1. The van der Waals surface area contributed by atoms with Gasteiger partial charge < -0.3 is 9.80 Å². The third kappa shape index (κ3) is 3.60. The number of nitrogens with zero attached hydrogens (tertiary/aromatic N) is 4. The van der Waals surface area contributed by atoms with Gasteiger partial charge in [0.05, 0.1) is 11.4 Å². The Hall–Kier alpha value is -3.22. The molecule has 1 aromatic heterocycles. The summed E-state index contributed by atoms with van der Waals surface area (Å²) in [4.78, 5) is 17.0. The number of aryl methyl sites for hydroxylation is 1. The van der Waals surface area contributed by atoms with Crippen molar-refractivity contribution in [1.82, 2.24) is 14.7 Å². The number of rotatable bonds is 3. The first-order valence-corrected chi connectivity index (χ1v) is 9.14. The van der Waals surface area contributed by atoms with Gasteiger partial charge in [0, 0.05) is 31.9 Å². The van der Waals surface area contributed by atoms with Crippen molar-refractivity contribution >= 4 is 11.6 Å². The number of piperazine rings is 1. The predicted octanol–water partition coefficient (Wildman–Crippen LogP) is 3.42. The molecule has 1 fully saturated rings. The Morgan fingerprint density at radius 1 is 0.893 bits per heavy atom. The van der Waals surface area contributed by atoms with Crippen molar-refractivity contribution in [2.45, 2.75) is 6.92 Å². The molecule has 0 spiro atoms. The van der Waals surface area contributed by atoms with E-state index in [0.717, 1.165) is 5.69 Å². The first-order chi connectivity index (χ1) is 13.5. The molecular formula is C21H20F2N4O. The van der Waals surface area contributed by atoms with E-state index in [1.807, 2.05) is 0 Å². The van der Waals surface area contributed by atoms with E-state index in [1.54, 1.807) is 42.2 Å². The Morgan fingerprint density at radius 3 is 2.29 bits per heavy atom. The van der Waals surface area contributed by atoms with Crippen molar-refractivity contribution in [3.8, 4) is 5.69 Å². The SMILES string of the molecule is Cc1cc(C(=O)N2CCN(c3ccc(F)cc3)CC2)n(-c2cccc(F)c2)n1. The van der Waals surface area contributed by atoms with Crippen LogP contribution < -0.4 is 4.90 Å². The maximum atomic E-state index is 13.6. The smallest absolute Gasteiger partial charge is 0.272 e. The third-order valence-corrected chi connectivity index (χ3v) is 4.86. The summed E-state index contributed by atoms with van der Waals surface area (Å²) in [6.45, 7) is 4.21. The molecule has 0 unspecified atom stereocenters. The van der Waals surface area contributed by atoms with Crippen molar-refractivity contribution in [3.05, 3.63) is 77.6 Å². The van der Waals surface area contributed by atoms with Crippen LogP contribution in [0.25, 0.3) is 5.69 Å². The fraction of sp³-hybridized carbons (Fsp3) is 0.238. The van der Waals surface area contributed by atoms with Gasteiger partial charge in [-0.25, -0.2) is 13.5 Å². The second-order valence-corrected chi connectivity index (χ2v) is 6.82. The first-order valence-electron chi connectivity index (χ1n) is 9.14. The molecule has 5 nitrogen and oxygen atoms in total. The van der Waals surface area contributed by atoms with E-state index in [1.165, 1.54) is 28.9 Å². The van der Waals surface area contributed by atoms with E-state index in [0.29, 0.717) is 43.3 Å². The van der Waals surface area contributed by atoms with Crippen molar-refractivity contribution in [1.29, 1.82) is 0 Å². The minimum absolute atomic E-state index is 0.136. The summed E-state index contributed by atoms with van der Waals surface area (Å²) in [5, 5.41) is 4.37. The molecule has 7 heteroatoms. The van der Waals surface area contributed by atoms with Gasteiger partial charge in [-0.05, 0) is 55.5 Å². The van der Waals surface area contributed by atoms with Gasteiger partial charge in [-0.15, -0.1) is 0 Å². The zero-order chi connectivity index (χ0) is 19.7. The molecule has 0 radical (unpaired) electrons. The van der Waals surface area contributed by atoms with Crippen molar-refractivity contribution in [2.75, 3.05) is 31.1 Å². The summed E-state index contributed by atoms with van der Waals surface area (Å²) >= 11 is 0. The Labute approximate surface area is 161 Å². The van der Waals surface area contributed by atoms with Gasteiger partial charge in [0.25, 0.3) is 5.91 Å². The molecular weight excluding hydrogens is 362 g/mol. The molecule has 1 aliphatic rings. The summed E-state index contributed by atoms with van der Waals surface area (Å²) < 4.78 is 28.2. The van der Waals surface area contributed by atoms with Crippen LogP contribution in [-0.4, -0.2) is 46.8 Å². The molecule has 0 saturated carbocycles. The number of hydrogen-bond donors (Lipinski definition) is 0. The highest BCUT2D eigenvalue weighted by molar-refractivity contribution is 5.93. The number of carbonyl (C=O) groups excluding carboxylic acids is 1. The fourth-order valence-corrected chi connectivity index (χ4v) is 3.44. The topological polar surface area (TPSA) is 41.4 Å². The van der Waals surface area contributed by atoms with Gasteiger partial charge in [0.1, 0.15) is 17.3 Å². The number of carbonyl (C=O) groups is 1. The van der Waals surface area contributed by atoms with Gasteiger partial charge in [-0.1, -0.05) is 6.07 Å². The van der Waals surface area contributed by atoms with E-state index in [2.05, 4.69) is 10.00 Å². The highest BCUT2D eigenvalue weighted by atomic mass is 19.1. The van der Waals surface area contributed by atoms with Gasteiger partial charge in [-0.3, -0.25) is 4.79 Å². The molecule has 1 amide bonds. The summed E-state index contributed by atoms with van der Waals surface area (Å²) in [6.07, 6.45) is 0. The lowest BCUT2D eigenvalue weighted by Crippen LogP contribution is -2.49. The van der Waals surface area contributed by atoms with Gasteiger partial charge in [0.2, 0.25) is 0 Å². The van der Waals surface area contributed by atoms with Crippen LogP contribution >= 0.6 is 0 Å². The van der Waals surface area contributed by atoms with Crippen molar-refractivity contribution < 1.29 is 13.6 Å². The van der Waals surface area contributed by atoms with Gasteiger partial charge in [0.15, 0.2) is 0 Å². The lowest BCUT2D eigenvalue weighted by Gasteiger charge is -2.36. The third-order valence-electron chi connectivity index (χ3n) is 4.86. The second-order valence-electron chi connectivity index (χ2n) is 6.82. The zero-order valence-electron chi connectivity index (χ0n) is 15.5. The van der Waals surface area contributed by atoms with E-state index < -0.39 is 0 Å². The molecule has 2 aromatic carbocycles. The zero-order valence-corrected chi connectivity index (χ0v) is 15.5. The number of amides is 1. The molecule has 0 N–H and O–H groups in total. The van der Waals surface area contributed by atoms with Crippen LogP contribution in [0, 0.1) is 18.6 Å². The molecule has 28 heavy (non-hydrogen) atoms. The number of hydrogen-bond acceptors (Lipinski definition) is 3. The van der Waals surface area contributed by atoms with Crippen LogP contribution in [0.4, 0.5) is 14.5 Å². The highest BCUT2D eigenvalue weighted by Gasteiger charge is 2.25. The van der Waals surface area contributed by atoms with Crippen LogP contribution in [0.2, 0.25) is 0 Å². The minimum Gasteiger partial charge on any atom is -0.368 e. The molecule has 3 aromatic rings. The van der Waals surface area contributed by atoms with E-state index in [4.69, 9.17) is 0 Å². The van der Waals surface area contributed by atoms with E-state index in [9.17, 15) is 13.6 Å². The first kappa shape index (κ1) is 18.2. The number of benzene rings is 2. The summed E-state index contributed by atoms with van der Waals surface area (Å²) in [5.41, 5.74) is 2.56. The lowest BCUT2D eigenvalue weighted by atomic mass is 10.2. The van der Waals surface area contributed by atoms with Crippen LogP contribution in [0.1, 0.15) is 16.2 Å². The Morgan fingerprint density at radius 2 is 1.61 bits per heavy atom. The standard InChI is InChI=1S/C21H20F2N4O/c1-15-13-20(27(24-15)19-4-2-3-17(23)14-19)21(28)26-11-9-25(10-12-26)18-7-5-16(22)6-8-18/h2-8,13-14H,9-12H2,1H3. The lowest BCUT2D eigenvalue weighted by molar-refractivity contribution is 0.0737. The average Bonchev–Trinajstić information content (AvgIpc) is 3.10. The van der Waals surface area contributed by atoms with Crippen LogP contribution in [0.3, 0.4) is 0 Å². The molecule has 2 heterocycles. The predicted molar refractivity (Wildman–Crippen MR) is 103 cm³/mol. The maximum absolute atomic E-state index is 13.6. The molecule has 0 bridgehead atoms. The molecule has 0 atom stereocenters. The van der Waals surface area contributed by atoms with Crippen LogP contribution in [0.15, 0.2) is 54.6 Å². The normalized spacial score (nSPS) is 14.4.